The van der Waals surface area contributed by atoms with Crippen molar-refractivity contribution in [3.63, 3.8) is 0 Å². The Morgan fingerprint density at radius 1 is 1.56 bits per heavy atom. The van der Waals surface area contributed by atoms with Crippen molar-refractivity contribution in [2.24, 2.45) is 0 Å². The van der Waals surface area contributed by atoms with Gasteiger partial charge in [0.05, 0.1) is 12.2 Å². The molecule has 0 heterocycles. The third-order valence-corrected chi connectivity index (χ3v) is 2.99. The molecule has 16 heavy (non-hydrogen) atoms. The molecule has 1 N–H and O–H groups in total. The second-order valence-corrected chi connectivity index (χ2v) is 4.82. The van der Waals surface area contributed by atoms with Gasteiger partial charge in [0, 0.05) is 6.54 Å². The molecule has 0 radical (unpaired) electrons. The monoisotopic (exact) mass is 249 g/mol. The first-order valence-corrected chi connectivity index (χ1v) is 6.13. The summed E-state index contributed by atoms with van der Waals surface area (Å²) in [4.78, 5) is 11.1. The predicted octanol–water partition coefficient (Wildman–Crippen LogP) is 0.211. The lowest BCUT2D eigenvalue weighted by Gasteiger charge is -2.17. The minimum atomic E-state index is -3.99. The number of hydrogen-bond acceptors (Lipinski definition) is 5. The first-order valence-electron chi connectivity index (χ1n) is 4.69. The Bertz CT molecular complexity index is 371. The van der Waals surface area contributed by atoms with E-state index in [9.17, 15) is 13.2 Å². The molecule has 0 aromatic rings. The third kappa shape index (κ3) is 4.95. The van der Waals surface area contributed by atoms with Gasteiger partial charge in [-0.2, -0.15) is 18.0 Å². The van der Waals surface area contributed by atoms with Crippen LogP contribution in [0.1, 0.15) is 20.8 Å². The van der Waals surface area contributed by atoms with Crippen LogP contribution in [0.2, 0.25) is 0 Å². The van der Waals surface area contributed by atoms with Crippen LogP contribution in [0, 0.1) is 11.3 Å². The molecule has 0 aliphatic carbocycles. The zero-order valence-electron chi connectivity index (χ0n) is 9.43. The molecule has 0 bridgehead atoms. The van der Waals surface area contributed by atoms with Gasteiger partial charge in [0.1, 0.15) is 6.54 Å². The van der Waals surface area contributed by atoms with Crippen LogP contribution in [0.3, 0.4) is 0 Å². The fraction of sp³-hybridized carbons (Fsp3) is 0.750. The molecule has 0 spiro atoms. The van der Waals surface area contributed by atoms with E-state index in [1.807, 2.05) is 0 Å². The van der Waals surface area contributed by atoms with Crippen LogP contribution in [0.4, 0.5) is 4.79 Å². The smallest absolute Gasteiger partial charge is 0.422 e. The number of amides is 1. The van der Waals surface area contributed by atoms with E-state index in [1.54, 1.807) is 31.6 Å². The van der Waals surface area contributed by atoms with Crippen molar-refractivity contribution < 1.29 is 17.9 Å². The Hall–Kier alpha value is -1.33. The van der Waals surface area contributed by atoms with Gasteiger partial charge < -0.3 is 4.74 Å². The largest absolute Gasteiger partial charge is 0.446 e. The Morgan fingerprint density at radius 2 is 2.12 bits per heavy atom. The summed E-state index contributed by atoms with van der Waals surface area (Å²) in [5.74, 6) is 0. The van der Waals surface area contributed by atoms with Crippen molar-refractivity contribution in [2.75, 3.05) is 13.1 Å². The Balaban J connectivity index is 4.56. The van der Waals surface area contributed by atoms with E-state index in [4.69, 9.17) is 5.26 Å². The van der Waals surface area contributed by atoms with Crippen LogP contribution in [-0.4, -0.2) is 38.0 Å². The molecule has 0 aliphatic heterocycles. The van der Waals surface area contributed by atoms with Crippen molar-refractivity contribution in [3.05, 3.63) is 0 Å². The van der Waals surface area contributed by atoms with Gasteiger partial charge >= 0.3 is 16.3 Å². The molecule has 0 saturated carbocycles. The maximum atomic E-state index is 11.5. The second-order valence-electron chi connectivity index (χ2n) is 3.15. The van der Waals surface area contributed by atoms with Crippen LogP contribution < -0.4 is 4.72 Å². The average molecular weight is 249 g/mol. The molecule has 92 valence electrons. The van der Waals surface area contributed by atoms with E-state index in [0.717, 1.165) is 4.31 Å². The average Bonchev–Trinajstić information content (AvgIpc) is 2.11. The quantitative estimate of drug-likeness (QED) is 0.702. The van der Waals surface area contributed by atoms with Crippen LogP contribution in [0.15, 0.2) is 0 Å². The van der Waals surface area contributed by atoms with E-state index in [1.165, 1.54) is 0 Å². The van der Waals surface area contributed by atoms with E-state index in [-0.39, 0.29) is 13.1 Å². The Labute approximate surface area is 95.2 Å². The van der Waals surface area contributed by atoms with Gasteiger partial charge in [0.2, 0.25) is 0 Å². The van der Waals surface area contributed by atoms with Crippen molar-refractivity contribution in [2.45, 2.75) is 26.9 Å². The summed E-state index contributed by atoms with van der Waals surface area (Å²) >= 11 is 0. The number of carbonyl (C=O) groups excluding carboxylic acids is 1. The number of nitrogens with zero attached hydrogens (tertiary/aromatic N) is 2. The normalized spacial score (nSPS) is 11.2. The number of nitrogens with one attached hydrogen (secondary N) is 1. The minimum Gasteiger partial charge on any atom is -0.446 e. The Morgan fingerprint density at radius 3 is 2.50 bits per heavy atom. The molecule has 0 fully saturated rings. The van der Waals surface area contributed by atoms with E-state index in [2.05, 4.69) is 4.74 Å². The number of ether oxygens (including phenoxy) is 1. The molecule has 0 rings (SSSR count). The van der Waals surface area contributed by atoms with Crippen LogP contribution in [0.25, 0.3) is 0 Å². The highest BCUT2D eigenvalue weighted by atomic mass is 32.2. The molecule has 0 aromatic carbocycles. The fourth-order valence-electron chi connectivity index (χ4n) is 0.854. The zero-order valence-corrected chi connectivity index (χ0v) is 10.2. The first-order chi connectivity index (χ1) is 7.33. The highest BCUT2D eigenvalue weighted by Crippen LogP contribution is 1.98. The van der Waals surface area contributed by atoms with Gasteiger partial charge in [-0.05, 0) is 13.8 Å². The van der Waals surface area contributed by atoms with Gasteiger partial charge in [0.15, 0.2) is 0 Å². The Kier molecular flexibility index (Phi) is 5.77. The molecule has 1 amide bonds. The lowest BCUT2D eigenvalue weighted by molar-refractivity contribution is 0.121. The molecular formula is C8H15N3O4S. The summed E-state index contributed by atoms with van der Waals surface area (Å²) in [5.41, 5.74) is 0. The van der Waals surface area contributed by atoms with Crippen molar-refractivity contribution in [3.8, 4) is 6.07 Å². The van der Waals surface area contributed by atoms with Gasteiger partial charge in [-0.15, -0.1) is 0 Å². The SMILES string of the molecule is CCN(CC#N)S(=O)(=O)NC(=O)OC(C)C. The van der Waals surface area contributed by atoms with Crippen LogP contribution >= 0.6 is 0 Å². The van der Waals surface area contributed by atoms with Crippen LogP contribution in [-0.2, 0) is 14.9 Å². The maximum Gasteiger partial charge on any atom is 0.422 e. The van der Waals surface area contributed by atoms with Crippen molar-refractivity contribution in [1.29, 1.82) is 5.26 Å². The summed E-state index contributed by atoms with van der Waals surface area (Å²) in [6, 6.07) is 1.69. The molecule has 0 aliphatic rings. The van der Waals surface area contributed by atoms with E-state index in [0.29, 0.717) is 0 Å². The van der Waals surface area contributed by atoms with Crippen LogP contribution in [0.5, 0.6) is 0 Å². The number of hydrogen-bond donors (Lipinski definition) is 1. The third-order valence-electron chi connectivity index (χ3n) is 1.49. The summed E-state index contributed by atoms with van der Waals surface area (Å²) in [6.07, 6.45) is -1.47. The van der Waals surface area contributed by atoms with Gasteiger partial charge in [-0.3, -0.25) is 0 Å². The van der Waals surface area contributed by atoms with Gasteiger partial charge in [-0.1, -0.05) is 6.92 Å². The summed E-state index contributed by atoms with van der Waals surface area (Å²) < 4.78 is 30.2. The summed E-state index contributed by atoms with van der Waals surface area (Å²) in [5, 5.41) is 8.41. The van der Waals surface area contributed by atoms with E-state index >= 15 is 0 Å². The lowest BCUT2D eigenvalue weighted by Crippen LogP contribution is -2.44. The highest BCUT2D eigenvalue weighted by Gasteiger charge is 2.23. The van der Waals surface area contributed by atoms with Crippen molar-refractivity contribution >= 4 is 16.3 Å². The molecule has 7 nitrogen and oxygen atoms in total. The lowest BCUT2D eigenvalue weighted by atomic mass is 10.5. The summed E-state index contributed by atoms with van der Waals surface area (Å²) in [7, 11) is -3.99. The maximum absolute atomic E-state index is 11.5. The summed E-state index contributed by atoms with van der Waals surface area (Å²) in [6.45, 7) is 4.53. The number of nitriles is 1. The minimum absolute atomic E-state index is 0.0951. The van der Waals surface area contributed by atoms with E-state index < -0.39 is 22.4 Å². The topological polar surface area (TPSA) is 99.5 Å². The molecule has 0 aromatic heterocycles. The number of carbonyl (C=O) groups is 1. The molecule has 0 saturated heterocycles. The number of rotatable bonds is 5. The second kappa shape index (κ2) is 6.30. The zero-order chi connectivity index (χ0) is 12.8. The van der Waals surface area contributed by atoms with Gasteiger partial charge in [-0.25, -0.2) is 9.52 Å². The highest BCUT2D eigenvalue weighted by molar-refractivity contribution is 7.87. The molecular weight excluding hydrogens is 234 g/mol. The standard InChI is InChI=1S/C8H15N3O4S/c1-4-11(6-5-9)16(13,14)10-8(12)15-7(2)3/h7H,4,6H2,1-3H3,(H,10,12). The molecule has 8 heteroatoms. The van der Waals surface area contributed by atoms with Crippen molar-refractivity contribution in [1.82, 2.24) is 9.03 Å². The first kappa shape index (κ1) is 14.7. The fourth-order valence-corrected chi connectivity index (χ4v) is 1.81. The molecule has 0 atom stereocenters. The predicted molar refractivity (Wildman–Crippen MR) is 56.5 cm³/mol. The molecule has 0 unspecified atom stereocenters. The van der Waals surface area contributed by atoms with Gasteiger partial charge in [0.25, 0.3) is 0 Å².